The van der Waals surface area contributed by atoms with Crippen molar-refractivity contribution in [2.45, 2.75) is 26.4 Å². The lowest BCUT2D eigenvalue weighted by Gasteiger charge is -2.22. The second kappa shape index (κ2) is 5.77. The summed E-state index contributed by atoms with van der Waals surface area (Å²) in [4.78, 5) is 11.1. The Hall–Kier alpha value is -1.42. The number of rotatable bonds is 5. The lowest BCUT2D eigenvalue weighted by atomic mass is 9.85. The maximum atomic E-state index is 13.0. The second-order valence-corrected chi connectivity index (χ2v) is 4.38. The molecule has 3 unspecified atom stereocenters. The number of carbonyl (C=O) groups is 1. The number of halogens is 1. The van der Waals surface area contributed by atoms with Gasteiger partial charge < -0.3 is 10.2 Å². The summed E-state index contributed by atoms with van der Waals surface area (Å²) in [6.07, 6.45) is -0.483. The fourth-order valence-corrected chi connectivity index (χ4v) is 1.75. The van der Waals surface area contributed by atoms with Gasteiger partial charge in [-0.3, -0.25) is 4.79 Å². The van der Waals surface area contributed by atoms with Crippen molar-refractivity contribution < 1.29 is 19.4 Å². The van der Waals surface area contributed by atoms with Crippen LogP contribution in [-0.2, 0) is 11.2 Å². The summed E-state index contributed by atoms with van der Waals surface area (Å²) in [5.41, 5.74) is 0.630. The summed E-state index contributed by atoms with van der Waals surface area (Å²) in [7, 11) is 0. The molecule has 17 heavy (non-hydrogen) atoms. The highest BCUT2D eigenvalue weighted by Crippen LogP contribution is 2.21. The van der Waals surface area contributed by atoms with E-state index < -0.39 is 18.0 Å². The molecule has 1 rings (SSSR count). The molecule has 0 amide bonds. The van der Waals surface area contributed by atoms with Gasteiger partial charge in [0.05, 0.1) is 12.0 Å². The third-order valence-corrected chi connectivity index (χ3v) is 3.06. The maximum Gasteiger partial charge on any atom is 0.307 e. The molecular formula is C13H17FO3. The largest absolute Gasteiger partial charge is 0.481 e. The van der Waals surface area contributed by atoms with Crippen molar-refractivity contribution in [3.63, 3.8) is 0 Å². The van der Waals surface area contributed by atoms with Crippen LogP contribution in [0.2, 0.25) is 0 Å². The van der Waals surface area contributed by atoms with E-state index in [9.17, 15) is 14.3 Å². The van der Waals surface area contributed by atoms with Crippen LogP contribution in [0.5, 0.6) is 0 Å². The molecule has 94 valence electrons. The van der Waals surface area contributed by atoms with Gasteiger partial charge >= 0.3 is 5.97 Å². The molecule has 0 saturated carbocycles. The molecule has 0 heterocycles. The van der Waals surface area contributed by atoms with Gasteiger partial charge in [-0.15, -0.1) is 0 Å². The highest BCUT2D eigenvalue weighted by Gasteiger charge is 2.28. The van der Waals surface area contributed by atoms with Crippen LogP contribution in [0, 0.1) is 17.7 Å². The van der Waals surface area contributed by atoms with Crippen LogP contribution in [0.1, 0.15) is 19.4 Å². The molecule has 2 N–H and O–H groups in total. The molecule has 0 radical (unpaired) electrons. The number of carboxylic acids is 1. The van der Waals surface area contributed by atoms with E-state index in [4.69, 9.17) is 5.11 Å². The van der Waals surface area contributed by atoms with Crippen LogP contribution >= 0.6 is 0 Å². The van der Waals surface area contributed by atoms with Crippen molar-refractivity contribution in [2.75, 3.05) is 0 Å². The second-order valence-electron chi connectivity index (χ2n) is 4.38. The molecule has 1 aromatic carbocycles. The Morgan fingerprint density at radius 3 is 2.53 bits per heavy atom. The van der Waals surface area contributed by atoms with Crippen molar-refractivity contribution >= 4 is 5.97 Å². The van der Waals surface area contributed by atoms with E-state index in [0.717, 1.165) is 0 Å². The van der Waals surface area contributed by atoms with Crippen LogP contribution in [0.3, 0.4) is 0 Å². The van der Waals surface area contributed by atoms with Crippen molar-refractivity contribution in [2.24, 2.45) is 11.8 Å². The third-order valence-electron chi connectivity index (χ3n) is 3.06. The Balaban J connectivity index is 2.84. The summed E-state index contributed by atoms with van der Waals surface area (Å²) in [5, 5.41) is 18.6. The fraction of sp³-hybridized carbons (Fsp3) is 0.462. The first-order valence-electron chi connectivity index (χ1n) is 5.57. The lowest BCUT2D eigenvalue weighted by molar-refractivity contribution is -0.145. The van der Waals surface area contributed by atoms with Gasteiger partial charge in [0.2, 0.25) is 0 Å². The van der Waals surface area contributed by atoms with Crippen molar-refractivity contribution in [3.05, 3.63) is 35.6 Å². The minimum absolute atomic E-state index is 0.221. The van der Waals surface area contributed by atoms with Crippen LogP contribution < -0.4 is 0 Å². The number of aliphatic hydroxyl groups is 1. The molecule has 0 spiro atoms. The zero-order chi connectivity index (χ0) is 13.0. The third kappa shape index (κ3) is 3.82. The summed E-state index contributed by atoms with van der Waals surface area (Å²) in [6.45, 7) is 3.24. The van der Waals surface area contributed by atoms with Crippen LogP contribution in [-0.4, -0.2) is 22.3 Å². The predicted molar refractivity (Wildman–Crippen MR) is 62.1 cm³/mol. The Bertz CT molecular complexity index is 390. The smallest absolute Gasteiger partial charge is 0.307 e. The highest BCUT2D eigenvalue weighted by atomic mass is 19.1. The van der Waals surface area contributed by atoms with E-state index in [1.165, 1.54) is 12.1 Å². The quantitative estimate of drug-likeness (QED) is 0.828. The van der Waals surface area contributed by atoms with E-state index in [0.29, 0.717) is 5.56 Å². The summed E-state index contributed by atoms with van der Waals surface area (Å²) in [6, 6.07) is 5.88. The molecule has 0 aliphatic carbocycles. The van der Waals surface area contributed by atoms with Crippen molar-refractivity contribution in [1.82, 2.24) is 0 Å². The Labute approximate surface area is 99.9 Å². The summed E-state index contributed by atoms with van der Waals surface area (Å²) in [5.74, 6) is -2.44. The number of carboxylic acid groups (broad SMARTS) is 1. The van der Waals surface area contributed by atoms with E-state index in [1.807, 2.05) is 0 Å². The Morgan fingerprint density at radius 2 is 2.06 bits per heavy atom. The SMILES string of the molecule is CC(O)C(C)C(Cc1cccc(F)c1)C(=O)O. The molecule has 3 nitrogen and oxygen atoms in total. The van der Waals surface area contributed by atoms with Gasteiger partial charge in [-0.1, -0.05) is 19.1 Å². The minimum atomic E-state index is -0.970. The molecule has 4 heteroatoms. The first-order chi connectivity index (χ1) is 7.91. The summed E-state index contributed by atoms with van der Waals surface area (Å²) >= 11 is 0. The van der Waals surface area contributed by atoms with Crippen LogP contribution in [0.4, 0.5) is 4.39 Å². The number of aliphatic carboxylic acids is 1. The Morgan fingerprint density at radius 1 is 1.41 bits per heavy atom. The van der Waals surface area contributed by atoms with E-state index in [-0.39, 0.29) is 18.2 Å². The first kappa shape index (κ1) is 13.6. The van der Waals surface area contributed by atoms with Gasteiger partial charge in [0.15, 0.2) is 0 Å². The summed E-state index contributed by atoms with van der Waals surface area (Å²) < 4.78 is 13.0. The number of benzene rings is 1. The predicted octanol–water partition coefficient (Wildman–Crippen LogP) is 2.09. The van der Waals surface area contributed by atoms with Gasteiger partial charge in [0, 0.05) is 0 Å². The Kier molecular flexibility index (Phi) is 4.63. The molecule has 3 atom stereocenters. The zero-order valence-corrected chi connectivity index (χ0v) is 9.93. The molecule has 0 bridgehead atoms. The molecule has 0 aliphatic heterocycles. The fourth-order valence-electron chi connectivity index (χ4n) is 1.75. The molecule has 0 fully saturated rings. The first-order valence-corrected chi connectivity index (χ1v) is 5.57. The monoisotopic (exact) mass is 240 g/mol. The van der Waals surface area contributed by atoms with Crippen LogP contribution in [0.15, 0.2) is 24.3 Å². The molecule has 1 aromatic rings. The standard InChI is InChI=1S/C13H17FO3/c1-8(9(2)15)12(13(16)17)7-10-4-3-5-11(14)6-10/h3-6,8-9,12,15H,7H2,1-2H3,(H,16,17). The van der Waals surface area contributed by atoms with E-state index in [1.54, 1.807) is 26.0 Å². The number of hydrogen-bond donors (Lipinski definition) is 2. The average molecular weight is 240 g/mol. The van der Waals surface area contributed by atoms with Crippen molar-refractivity contribution in [1.29, 1.82) is 0 Å². The molecule has 0 aromatic heterocycles. The topological polar surface area (TPSA) is 57.5 Å². The molecule has 0 saturated heterocycles. The van der Waals surface area contributed by atoms with E-state index in [2.05, 4.69) is 0 Å². The van der Waals surface area contributed by atoms with Gasteiger partial charge in [-0.2, -0.15) is 0 Å². The number of hydrogen-bond acceptors (Lipinski definition) is 2. The zero-order valence-electron chi connectivity index (χ0n) is 9.93. The molecular weight excluding hydrogens is 223 g/mol. The number of aliphatic hydroxyl groups excluding tert-OH is 1. The van der Waals surface area contributed by atoms with Gasteiger partial charge in [-0.05, 0) is 37.0 Å². The molecule has 0 aliphatic rings. The van der Waals surface area contributed by atoms with E-state index >= 15 is 0 Å². The lowest BCUT2D eigenvalue weighted by Crippen LogP contribution is -2.30. The van der Waals surface area contributed by atoms with Gasteiger partial charge in [-0.25, -0.2) is 4.39 Å². The normalized spacial score (nSPS) is 16.2. The highest BCUT2D eigenvalue weighted by molar-refractivity contribution is 5.70. The maximum absolute atomic E-state index is 13.0. The van der Waals surface area contributed by atoms with Crippen molar-refractivity contribution in [3.8, 4) is 0 Å². The minimum Gasteiger partial charge on any atom is -0.481 e. The van der Waals surface area contributed by atoms with Gasteiger partial charge in [0.25, 0.3) is 0 Å². The van der Waals surface area contributed by atoms with Gasteiger partial charge in [0.1, 0.15) is 5.82 Å². The average Bonchev–Trinajstić information content (AvgIpc) is 2.24. The van der Waals surface area contributed by atoms with Crippen LogP contribution in [0.25, 0.3) is 0 Å².